The van der Waals surface area contributed by atoms with Crippen molar-refractivity contribution in [2.45, 2.75) is 25.5 Å². The molecule has 3 rings (SSSR count). The van der Waals surface area contributed by atoms with Gasteiger partial charge in [-0.05, 0) is 18.8 Å². The third kappa shape index (κ3) is 1.75. The molecule has 3 fully saturated rings. The Kier molecular flexibility index (Phi) is 2.36. The number of esters is 1. The van der Waals surface area contributed by atoms with Gasteiger partial charge in [-0.25, -0.2) is 4.79 Å². The second kappa shape index (κ2) is 3.50. The third-order valence-corrected chi connectivity index (χ3v) is 3.01. The van der Waals surface area contributed by atoms with E-state index in [4.69, 9.17) is 4.74 Å². The van der Waals surface area contributed by atoms with Crippen molar-refractivity contribution in [3.63, 3.8) is 0 Å². The molecule has 0 saturated carbocycles. The van der Waals surface area contributed by atoms with Crippen LogP contribution in [0.15, 0.2) is 12.7 Å². The maximum atomic E-state index is 11.0. The first-order chi connectivity index (χ1) is 6.29. The fourth-order valence-electron chi connectivity index (χ4n) is 2.22. The van der Waals surface area contributed by atoms with Gasteiger partial charge in [0.05, 0.1) is 0 Å². The molecule has 0 aromatic rings. The molecule has 13 heavy (non-hydrogen) atoms. The largest absolute Gasteiger partial charge is 0.443 e. The second-order valence-electron chi connectivity index (χ2n) is 3.81. The van der Waals surface area contributed by atoms with Crippen LogP contribution in [0.5, 0.6) is 0 Å². The van der Waals surface area contributed by atoms with Crippen LogP contribution in [0.25, 0.3) is 0 Å². The summed E-state index contributed by atoms with van der Waals surface area (Å²) in [7, 11) is 0. The Morgan fingerprint density at radius 3 is 2.62 bits per heavy atom. The number of piperidine rings is 3. The van der Waals surface area contributed by atoms with Crippen LogP contribution < -0.4 is 0 Å². The van der Waals surface area contributed by atoms with Crippen molar-refractivity contribution < 1.29 is 9.53 Å². The fourth-order valence-corrected chi connectivity index (χ4v) is 2.22. The quantitative estimate of drug-likeness (QED) is 0.473. The standard InChI is InChI=1S/C10H15NO2/c1-2-10(12)13-9-7-8-3-5-11(9)6-4-8/h2,8-9H,1,3-7H2. The van der Waals surface area contributed by atoms with Gasteiger partial charge in [0.15, 0.2) is 6.23 Å². The first kappa shape index (κ1) is 8.75. The molecule has 0 N–H and O–H groups in total. The van der Waals surface area contributed by atoms with Crippen LogP contribution in [0.3, 0.4) is 0 Å². The minimum atomic E-state index is -0.294. The third-order valence-electron chi connectivity index (χ3n) is 3.01. The lowest BCUT2D eigenvalue weighted by atomic mass is 9.87. The average Bonchev–Trinajstić information content (AvgIpc) is 2.19. The minimum absolute atomic E-state index is 0.0259. The molecule has 3 nitrogen and oxygen atoms in total. The van der Waals surface area contributed by atoms with Crippen LogP contribution in [0.2, 0.25) is 0 Å². The number of hydrogen-bond donors (Lipinski definition) is 0. The predicted octanol–water partition coefficient (Wildman–Crippen LogP) is 1.16. The summed E-state index contributed by atoms with van der Waals surface area (Å²) in [6, 6.07) is 0. The number of carbonyl (C=O) groups excluding carboxylic acids is 1. The molecular weight excluding hydrogens is 166 g/mol. The van der Waals surface area contributed by atoms with Crippen LogP contribution in [0.4, 0.5) is 0 Å². The molecule has 3 saturated heterocycles. The van der Waals surface area contributed by atoms with Crippen LogP contribution in [0, 0.1) is 5.92 Å². The maximum Gasteiger partial charge on any atom is 0.331 e. The van der Waals surface area contributed by atoms with Gasteiger partial charge in [-0.3, -0.25) is 4.90 Å². The molecule has 3 aliphatic rings. The first-order valence-electron chi connectivity index (χ1n) is 4.86. The number of nitrogens with zero attached hydrogens (tertiary/aromatic N) is 1. The number of ether oxygens (including phenoxy) is 1. The van der Waals surface area contributed by atoms with E-state index in [-0.39, 0.29) is 12.2 Å². The lowest BCUT2D eigenvalue weighted by Crippen LogP contribution is -2.50. The van der Waals surface area contributed by atoms with Crippen LogP contribution in [-0.4, -0.2) is 30.2 Å². The summed E-state index contributed by atoms with van der Waals surface area (Å²) in [6.45, 7) is 5.56. The summed E-state index contributed by atoms with van der Waals surface area (Å²) >= 11 is 0. The van der Waals surface area contributed by atoms with Crippen molar-refractivity contribution in [3.8, 4) is 0 Å². The molecule has 0 aromatic heterocycles. The van der Waals surface area contributed by atoms with Gasteiger partial charge >= 0.3 is 5.97 Å². The molecule has 0 spiro atoms. The molecule has 2 bridgehead atoms. The summed E-state index contributed by atoms with van der Waals surface area (Å²) in [5, 5.41) is 0. The molecule has 0 aliphatic carbocycles. The second-order valence-corrected chi connectivity index (χ2v) is 3.81. The number of carbonyl (C=O) groups is 1. The smallest absolute Gasteiger partial charge is 0.331 e. The first-order valence-corrected chi connectivity index (χ1v) is 4.86. The number of rotatable bonds is 2. The Hall–Kier alpha value is -0.830. The van der Waals surface area contributed by atoms with E-state index < -0.39 is 0 Å². The average molecular weight is 181 g/mol. The Morgan fingerprint density at radius 2 is 2.15 bits per heavy atom. The Balaban J connectivity index is 1.93. The minimum Gasteiger partial charge on any atom is -0.443 e. The van der Waals surface area contributed by atoms with Gasteiger partial charge in [0.1, 0.15) is 0 Å². The van der Waals surface area contributed by atoms with E-state index in [2.05, 4.69) is 11.5 Å². The van der Waals surface area contributed by atoms with E-state index in [1.165, 1.54) is 18.9 Å². The van der Waals surface area contributed by atoms with Gasteiger partial charge in [0.25, 0.3) is 0 Å². The number of fused-ring (bicyclic) bond motifs is 3. The lowest BCUT2D eigenvalue weighted by molar-refractivity contribution is -0.164. The molecule has 3 aliphatic heterocycles. The summed E-state index contributed by atoms with van der Waals surface area (Å²) in [5.74, 6) is 0.477. The maximum absolute atomic E-state index is 11.0. The predicted molar refractivity (Wildman–Crippen MR) is 49.0 cm³/mol. The van der Waals surface area contributed by atoms with Crippen molar-refractivity contribution in [1.82, 2.24) is 4.90 Å². The summed E-state index contributed by atoms with van der Waals surface area (Å²) in [6.07, 6.45) is 4.81. The van der Waals surface area contributed by atoms with E-state index >= 15 is 0 Å². The van der Waals surface area contributed by atoms with Crippen LogP contribution >= 0.6 is 0 Å². The summed E-state index contributed by atoms with van der Waals surface area (Å²) in [4.78, 5) is 13.2. The fraction of sp³-hybridized carbons (Fsp3) is 0.700. The Labute approximate surface area is 78.4 Å². The van der Waals surface area contributed by atoms with Crippen molar-refractivity contribution >= 4 is 5.97 Å². The van der Waals surface area contributed by atoms with Crippen molar-refractivity contribution in [3.05, 3.63) is 12.7 Å². The molecule has 1 atom stereocenters. The molecule has 1 unspecified atom stereocenters. The normalized spacial score (nSPS) is 37.1. The van der Waals surface area contributed by atoms with Gasteiger partial charge in [-0.2, -0.15) is 0 Å². The topological polar surface area (TPSA) is 29.5 Å². The zero-order valence-electron chi connectivity index (χ0n) is 7.74. The lowest BCUT2D eigenvalue weighted by Gasteiger charge is -2.44. The van der Waals surface area contributed by atoms with Gasteiger partial charge in [-0.1, -0.05) is 6.58 Å². The van der Waals surface area contributed by atoms with E-state index in [9.17, 15) is 4.79 Å². The van der Waals surface area contributed by atoms with E-state index in [1.807, 2.05) is 0 Å². The monoisotopic (exact) mass is 181 g/mol. The van der Waals surface area contributed by atoms with Gasteiger partial charge in [0.2, 0.25) is 0 Å². The van der Waals surface area contributed by atoms with Gasteiger partial charge in [0, 0.05) is 25.6 Å². The van der Waals surface area contributed by atoms with E-state index in [0.29, 0.717) is 0 Å². The van der Waals surface area contributed by atoms with Gasteiger partial charge in [-0.15, -0.1) is 0 Å². The van der Waals surface area contributed by atoms with Crippen LogP contribution in [-0.2, 0) is 9.53 Å². The van der Waals surface area contributed by atoms with Crippen molar-refractivity contribution in [1.29, 1.82) is 0 Å². The Bertz CT molecular complexity index is 219. The number of hydrogen-bond acceptors (Lipinski definition) is 3. The highest BCUT2D eigenvalue weighted by Gasteiger charge is 2.35. The molecule has 0 radical (unpaired) electrons. The summed E-state index contributed by atoms with van der Waals surface area (Å²) in [5.41, 5.74) is 0. The molecular formula is C10H15NO2. The van der Waals surface area contributed by atoms with Crippen LogP contribution in [0.1, 0.15) is 19.3 Å². The molecule has 3 heteroatoms. The van der Waals surface area contributed by atoms with E-state index in [0.717, 1.165) is 25.4 Å². The highest BCUT2D eigenvalue weighted by Crippen LogP contribution is 2.32. The zero-order valence-corrected chi connectivity index (χ0v) is 7.74. The van der Waals surface area contributed by atoms with Crippen molar-refractivity contribution in [2.75, 3.05) is 13.1 Å². The molecule has 0 aromatic carbocycles. The molecule has 3 heterocycles. The van der Waals surface area contributed by atoms with E-state index in [1.54, 1.807) is 0 Å². The Morgan fingerprint density at radius 1 is 1.46 bits per heavy atom. The highest BCUT2D eigenvalue weighted by molar-refractivity contribution is 5.81. The molecule has 72 valence electrons. The summed E-state index contributed by atoms with van der Waals surface area (Å²) < 4.78 is 5.24. The van der Waals surface area contributed by atoms with Gasteiger partial charge < -0.3 is 4.74 Å². The SMILES string of the molecule is C=CC(=O)OC1CC2CCN1CC2. The molecule has 0 amide bonds. The highest BCUT2D eigenvalue weighted by atomic mass is 16.6. The van der Waals surface area contributed by atoms with Crippen molar-refractivity contribution in [2.24, 2.45) is 5.92 Å². The zero-order chi connectivity index (χ0) is 9.26.